The minimum atomic E-state index is -3.28. The second-order valence-corrected chi connectivity index (χ2v) is 7.90. The standard InChI is InChI=1S/C17H26N2O5S/c1-4-24-16-11-13(8-9-15(16)23-2)17(20)19-10-6-5-7-14(19)12-18-25(3,21)22/h8-9,11,14,18H,4-7,10,12H2,1-3H3. The van der Waals surface area contributed by atoms with Gasteiger partial charge in [-0.15, -0.1) is 0 Å². The van der Waals surface area contributed by atoms with Gasteiger partial charge in [0.2, 0.25) is 10.0 Å². The van der Waals surface area contributed by atoms with Crippen LogP contribution < -0.4 is 14.2 Å². The van der Waals surface area contributed by atoms with Crippen LogP contribution in [0.1, 0.15) is 36.5 Å². The summed E-state index contributed by atoms with van der Waals surface area (Å²) in [6, 6.07) is 4.96. The Bertz CT molecular complexity index is 705. The van der Waals surface area contributed by atoms with Crippen LogP contribution in [0.25, 0.3) is 0 Å². The Hall–Kier alpha value is -1.80. The number of hydrogen-bond donors (Lipinski definition) is 1. The number of piperidine rings is 1. The smallest absolute Gasteiger partial charge is 0.254 e. The molecule has 0 spiro atoms. The van der Waals surface area contributed by atoms with E-state index in [0.717, 1.165) is 25.5 Å². The lowest BCUT2D eigenvalue weighted by Gasteiger charge is -2.36. The highest BCUT2D eigenvalue weighted by atomic mass is 32.2. The van der Waals surface area contributed by atoms with Crippen molar-refractivity contribution in [2.24, 2.45) is 0 Å². The molecule has 1 saturated heterocycles. The Kier molecular flexibility index (Phi) is 6.66. The molecule has 7 nitrogen and oxygen atoms in total. The van der Waals surface area contributed by atoms with Gasteiger partial charge in [0, 0.05) is 24.7 Å². The predicted molar refractivity (Wildman–Crippen MR) is 95.7 cm³/mol. The number of likely N-dealkylation sites (tertiary alicyclic amines) is 1. The molecule has 0 bridgehead atoms. The van der Waals surface area contributed by atoms with Crippen LogP contribution in [-0.4, -0.2) is 58.3 Å². The number of carbonyl (C=O) groups is 1. The summed E-state index contributed by atoms with van der Waals surface area (Å²) in [4.78, 5) is 14.7. The number of sulfonamides is 1. The van der Waals surface area contributed by atoms with E-state index in [-0.39, 0.29) is 18.5 Å². The van der Waals surface area contributed by atoms with Crippen molar-refractivity contribution in [2.75, 3.05) is 33.1 Å². The lowest BCUT2D eigenvalue weighted by molar-refractivity contribution is 0.0618. The van der Waals surface area contributed by atoms with Gasteiger partial charge in [-0.05, 0) is 44.4 Å². The third-order valence-corrected chi connectivity index (χ3v) is 4.87. The molecular formula is C17H26N2O5S. The molecule has 1 unspecified atom stereocenters. The molecule has 1 aromatic carbocycles. The van der Waals surface area contributed by atoms with Crippen molar-refractivity contribution in [3.05, 3.63) is 23.8 Å². The van der Waals surface area contributed by atoms with Gasteiger partial charge in [0.25, 0.3) is 5.91 Å². The van der Waals surface area contributed by atoms with Gasteiger partial charge in [0.05, 0.1) is 20.0 Å². The van der Waals surface area contributed by atoms with Crippen LogP contribution in [0, 0.1) is 0 Å². The van der Waals surface area contributed by atoms with Gasteiger partial charge in [0.15, 0.2) is 11.5 Å². The molecule has 1 atom stereocenters. The molecule has 1 aliphatic rings. The van der Waals surface area contributed by atoms with E-state index in [1.807, 2.05) is 6.92 Å². The number of hydrogen-bond acceptors (Lipinski definition) is 5. The Balaban J connectivity index is 2.20. The number of methoxy groups -OCH3 is 1. The van der Waals surface area contributed by atoms with Crippen LogP contribution in [0.5, 0.6) is 11.5 Å². The van der Waals surface area contributed by atoms with Gasteiger partial charge < -0.3 is 14.4 Å². The van der Waals surface area contributed by atoms with Gasteiger partial charge in [0.1, 0.15) is 0 Å². The van der Waals surface area contributed by atoms with E-state index in [2.05, 4.69) is 4.72 Å². The zero-order valence-corrected chi connectivity index (χ0v) is 15.8. The predicted octanol–water partition coefficient (Wildman–Crippen LogP) is 1.64. The maximum atomic E-state index is 12.9. The zero-order chi connectivity index (χ0) is 18.4. The van der Waals surface area contributed by atoms with Gasteiger partial charge in [-0.25, -0.2) is 13.1 Å². The van der Waals surface area contributed by atoms with Crippen molar-refractivity contribution >= 4 is 15.9 Å². The van der Waals surface area contributed by atoms with E-state index < -0.39 is 10.0 Å². The summed E-state index contributed by atoms with van der Waals surface area (Å²) >= 11 is 0. The number of carbonyl (C=O) groups excluding carboxylic acids is 1. The third kappa shape index (κ3) is 5.34. The molecule has 0 aromatic heterocycles. The van der Waals surface area contributed by atoms with Crippen molar-refractivity contribution < 1.29 is 22.7 Å². The lowest BCUT2D eigenvalue weighted by atomic mass is 10.0. The molecule has 0 radical (unpaired) electrons. The number of benzene rings is 1. The number of rotatable bonds is 7. The van der Waals surface area contributed by atoms with E-state index in [1.54, 1.807) is 30.2 Å². The molecule has 2 rings (SSSR count). The Labute approximate surface area is 149 Å². The van der Waals surface area contributed by atoms with Crippen LogP contribution in [0.2, 0.25) is 0 Å². The average Bonchev–Trinajstić information content (AvgIpc) is 2.59. The molecule has 1 N–H and O–H groups in total. The number of nitrogens with one attached hydrogen (secondary N) is 1. The quantitative estimate of drug-likeness (QED) is 0.789. The summed E-state index contributed by atoms with van der Waals surface area (Å²) in [6.45, 7) is 3.19. The lowest BCUT2D eigenvalue weighted by Crippen LogP contribution is -2.49. The summed E-state index contributed by atoms with van der Waals surface area (Å²) in [5, 5.41) is 0. The molecule has 25 heavy (non-hydrogen) atoms. The molecule has 8 heteroatoms. The summed E-state index contributed by atoms with van der Waals surface area (Å²) < 4.78 is 36.0. The molecule has 1 aliphatic heterocycles. The highest BCUT2D eigenvalue weighted by Gasteiger charge is 2.28. The van der Waals surface area contributed by atoms with Crippen LogP contribution in [-0.2, 0) is 10.0 Å². The van der Waals surface area contributed by atoms with E-state index in [0.29, 0.717) is 30.2 Å². The molecular weight excluding hydrogens is 344 g/mol. The number of ether oxygens (including phenoxy) is 2. The maximum absolute atomic E-state index is 12.9. The number of nitrogens with zero attached hydrogens (tertiary/aromatic N) is 1. The second-order valence-electron chi connectivity index (χ2n) is 6.07. The van der Waals surface area contributed by atoms with Crippen LogP contribution in [0.15, 0.2) is 18.2 Å². The van der Waals surface area contributed by atoms with Crippen molar-refractivity contribution in [1.29, 1.82) is 0 Å². The van der Waals surface area contributed by atoms with E-state index >= 15 is 0 Å². The zero-order valence-electron chi connectivity index (χ0n) is 14.9. The fourth-order valence-electron chi connectivity index (χ4n) is 2.97. The molecule has 1 fully saturated rings. The van der Waals surface area contributed by atoms with Gasteiger partial charge in [-0.2, -0.15) is 0 Å². The van der Waals surface area contributed by atoms with Crippen molar-refractivity contribution in [1.82, 2.24) is 9.62 Å². The summed E-state index contributed by atoms with van der Waals surface area (Å²) in [5.74, 6) is 0.981. The highest BCUT2D eigenvalue weighted by Crippen LogP contribution is 2.29. The van der Waals surface area contributed by atoms with Gasteiger partial charge in [-0.3, -0.25) is 4.79 Å². The molecule has 0 saturated carbocycles. The minimum Gasteiger partial charge on any atom is -0.493 e. The van der Waals surface area contributed by atoms with Crippen LogP contribution in [0.3, 0.4) is 0 Å². The van der Waals surface area contributed by atoms with E-state index in [4.69, 9.17) is 9.47 Å². The molecule has 1 amide bonds. The monoisotopic (exact) mass is 370 g/mol. The molecule has 1 aromatic rings. The molecule has 1 heterocycles. The molecule has 0 aliphatic carbocycles. The van der Waals surface area contributed by atoms with Crippen LogP contribution >= 0.6 is 0 Å². The average molecular weight is 370 g/mol. The Morgan fingerprint density at radius 2 is 2.08 bits per heavy atom. The fourth-order valence-corrected chi connectivity index (χ4v) is 3.47. The van der Waals surface area contributed by atoms with E-state index in [1.165, 1.54) is 0 Å². The Morgan fingerprint density at radius 3 is 2.72 bits per heavy atom. The number of amides is 1. The first-order chi connectivity index (χ1) is 11.9. The van der Waals surface area contributed by atoms with E-state index in [9.17, 15) is 13.2 Å². The first-order valence-corrected chi connectivity index (χ1v) is 10.3. The minimum absolute atomic E-state index is 0.122. The molecule has 140 valence electrons. The largest absolute Gasteiger partial charge is 0.493 e. The maximum Gasteiger partial charge on any atom is 0.254 e. The second kappa shape index (κ2) is 8.53. The van der Waals surface area contributed by atoms with Gasteiger partial charge >= 0.3 is 0 Å². The van der Waals surface area contributed by atoms with Gasteiger partial charge in [-0.1, -0.05) is 0 Å². The van der Waals surface area contributed by atoms with Crippen molar-refractivity contribution in [2.45, 2.75) is 32.2 Å². The highest BCUT2D eigenvalue weighted by molar-refractivity contribution is 7.88. The first-order valence-electron chi connectivity index (χ1n) is 8.42. The first kappa shape index (κ1) is 19.5. The fraction of sp³-hybridized carbons (Fsp3) is 0.588. The SMILES string of the molecule is CCOc1cc(C(=O)N2CCCCC2CNS(C)(=O)=O)ccc1OC. The summed E-state index contributed by atoms with van der Waals surface area (Å²) in [5.41, 5.74) is 0.510. The summed E-state index contributed by atoms with van der Waals surface area (Å²) in [6.07, 6.45) is 3.80. The van der Waals surface area contributed by atoms with Crippen molar-refractivity contribution in [3.8, 4) is 11.5 Å². The summed E-state index contributed by atoms with van der Waals surface area (Å²) in [7, 11) is -1.73. The topological polar surface area (TPSA) is 84.9 Å². The Morgan fingerprint density at radius 1 is 1.32 bits per heavy atom. The third-order valence-electron chi connectivity index (χ3n) is 4.18. The normalized spacial score (nSPS) is 18.0. The van der Waals surface area contributed by atoms with Crippen LogP contribution in [0.4, 0.5) is 0 Å². The van der Waals surface area contributed by atoms with Crippen molar-refractivity contribution in [3.63, 3.8) is 0 Å².